The maximum absolute atomic E-state index is 13.6. The number of benzene rings is 6. The Morgan fingerprint density at radius 1 is 0.514 bits per heavy atom. The molecule has 0 bridgehead atoms. The zero-order valence-electron chi connectivity index (χ0n) is 40.3. The van der Waals surface area contributed by atoms with Crippen LogP contribution in [0.1, 0.15) is 26.7 Å². The first-order valence-electron chi connectivity index (χ1n) is 21.6. The summed E-state index contributed by atoms with van der Waals surface area (Å²) in [5, 5.41) is 21.2. The van der Waals surface area contributed by atoms with E-state index in [2.05, 4.69) is 11.8 Å². The zero-order chi connectivity index (χ0) is 51.2. The molecule has 0 aliphatic rings. The summed E-state index contributed by atoms with van der Waals surface area (Å²) in [5.74, 6) is 1.81. The number of carbonyl (C=O) groups is 4. The van der Waals surface area contributed by atoms with Gasteiger partial charge < -0.3 is 35.0 Å². The molecule has 20 heteroatoms. The number of sulfonamides is 2. The molecule has 6 aromatic carbocycles. The molecule has 0 radical (unpaired) electrons. The Morgan fingerprint density at radius 3 is 1.19 bits per heavy atom. The fraction of sp³-hybridized carbons (Fsp3) is 0.231. The average Bonchev–Trinajstić information content (AvgIpc) is 3.35. The summed E-state index contributed by atoms with van der Waals surface area (Å²) >= 11 is 0. The van der Waals surface area contributed by atoms with Crippen molar-refractivity contribution in [2.75, 3.05) is 58.8 Å². The van der Waals surface area contributed by atoms with Crippen molar-refractivity contribution in [1.29, 1.82) is 0 Å². The molecule has 0 unspecified atom stereocenters. The molecule has 0 amide bonds. The first-order valence-corrected chi connectivity index (χ1v) is 24.5. The number of ether oxygens (including phenoxy) is 2. The minimum Gasteiger partial charge on any atom is -0.870 e. The molecule has 3 N–H and O–H groups in total. The molecule has 0 saturated heterocycles. The summed E-state index contributed by atoms with van der Waals surface area (Å²) in [6, 6.07) is 35.5. The predicted molar refractivity (Wildman–Crippen MR) is 272 cm³/mol. The molecule has 17 nitrogen and oxygen atoms in total. The number of carboxylic acids is 2. The van der Waals surface area contributed by atoms with Gasteiger partial charge in [-0.15, -0.1) is 12.8 Å². The number of hydrogen-bond acceptors (Lipinski definition) is 13. The number of rotatable bonds is 20. The van der Waals surface area contributed by atoms with E-state index in [-0.39, 0.29) is 77.8 Å². The molecule has 0 fully saturated rings. The Hall–Kier alpha value is -7.50. The first-order chi connectivity index (χ1) is 33.4. The quantitative estimate of drug-likeness (QED) is 0.0628. The number of nitrogens with zero attached hydrogens (tertiary/aromatic N) is 4. The zero-order valence-corrected chi connectivity index (χ0v) is 41.9. The summed E-state index contributed by atoms with van der Waals surface area (Å²) in [5.41, 5.74) is 1.85. The second kappa shape index (κ2) is 26.6. The second-order valence-electron chi connectivity index (χ2n) is 15.7. The van der Waals surface area contributed by atoms with Crippen molar-refractivity contribution >= 4 is 88.2 Å². The number of terminal acetylenes is 2. The Morgan fingerprint density at radius 2 is 0.847 bits per heavy atom. The standard InChI is InChI=1S/C27H28N2O6S.C25H24N2O6S.Li.H2O/c1-5-17-28(20(2)18-26(30)34-3)24-15-16-25(23-14-10-9-13-22(23)24)29(19-27(31)35-4)36(32,33)21-11-7-6-8-12-21;1-3-15-26(18(2)16-24(28)29)22-13-14-23(21-12-8-7-11-20(21)22)27(17-25(30)31)34(32,33)19-9-5-4-6-10-19;;/h1,6-16,20H,17-19H2,2-4H3;1,4-14,18H,15-17H2,2H3,(H,28,29)(H,30,31);;1H2/q;;+1;/p-1/t20-;18-;;/m00../s1. The van der Waals surface area contributed by atoms with E-state index in [1.165, 1.54) is 44.6 Å². The minimum absolute atomic E-state index is 0. The van der Waals surface area contributed by atoms with Crippen molar-refractivity contribution in [3.05, 3.63) is 133 Å². The van der Waals surface area contributed by atoms with Gasteiger partial charge >= 0.3 is 42.7 Å². The van der Waals surface area contributed by atoms with Crippen molar-refractivity contribution in [1.82, 2.24) is 0 Å². The van der Waals surface area contributed by atoms with Crippen molar-refractivity contribution in [2.24, 2.45) is 0 Å². The van der Waals surface area contributed by atoms with E-state index in [4.69, 9.17) is 22.3 Å². The van der Waals surface area contributed by atoms with Gasteiger partial charge in [-0.25, -0.2) is 16.8 Å². The molecule has 0 aliphatic heterocycles. The van der Waals surface area contributed by atoms with E-state index >= 15 is 0 Å². The molecule has 6 rings (SSSR count). The van der Waals surface area contributed by atoms with Crippen LogP contribution in [0.4, 0.5) is 22.7 Å². The first kappa shape index (κ1) is 58.8. The number of hydrogen-bond donors (Lipinski definition) is 2. The largest absolute Gasteiger partial charge is 1.00 e. The maximum Gasteiger partial charge on any atom is 1.00 e. The van der Waals surface area contributed by atoms with Crippen LogP contribution in [0, 0.1) is 24.7 Å². The summed E-state index contributed by atoms with van der Waals surface area (Å²) < 4.78 is 65.7. The monoisotopic (exact) mass is 1010 g/mol. The van der Waals surface area contributed by atoms with Crippen LogP contribution in [0.15, 0.2) is 143 Å². The third kappa shape index (κ3) is 13.9. The van der Waals surface area contributed by atoms with Gasteiger partial charge in [-0.2, -0.15) is 0 Å². The molecule has 372 valence electrons. The Bertz CT molecular complexity index is 3170. The fourth-order valence-corrected chi connectivity index (χ4v) is 10.7. The van der Waals surface area contributed by atoms with Crippen molar-refractivity contribution in [3.8, 4) is 24.7 Å². The topological polar surface area (TPSA) is 238 Å². The Kier molecular flexibility index (Phi) is 21.8. The number of fused-ring (bicyclic) bond motifs is 2. The molecule has 0 spiro atoms. The van der Waals surface area contributed by atoms with Crippen LogP contribution in [0.3, 0.4) is 0 Å². The molecule has 2 atom stereocenters. The molecule has 0 saturated carbocycles. The van der Waals surface area contributed by atoms with Crippen molar-refractivity contribution < 1.29 is 80.0 Å². The predicted octanol–water partition coefficient (Wildman–Crippen LogP) is 3.85. The van der Waals surface area contributed by atoms with Crippen molar-refractivity contribution in [2.45, 2.75) is 48.6 Å². The van der Waals surface area contributed by atoms with Gasteiger partial charge in [0.1, 0.15) is 13.1 Å². The van der Waals surface area contributed by atoms with E-state index in [1.807, 2.05) is 24.0 Å². The summed E-state index contributed by atoms with van der Waals surface area (Å²) in [7, 11) is -5.76. The summed E-state index contributed by atoms with van der Waals surface area (Å²) in [6.45, 7) is 2.67. The van der Waals surface area contributed by atoms with E-state index in [9.17, 15) is 46.2 Å². The molecule has 0 aromatic heterocycles. The molecule has 0 aliphatic carbocycles. The molecule has 72 heavy (non-hydrogen) atoms. The van der Waals surface area contributed by atoms with Crippen molar-refractivity contribution in [3.63, 3.8) is 0 Å². The number of esters is 2. The van der Waals surface area contributed by atoms with E-state index in [0.717, 1.165) is 14.3 Å². The molecule has 6 aromatic rings. The fourth-order valence-electron chi connectivity index (χ4n) is 7.76. The Labute approximate surface area is 431 Å². The number of carboxylic acid groups (broad SMARTS) is 2. The van der Waals surface area contributed by atoms with Gasteiger partial charge in [-0.1, -0.05) is 96.8 Å². The maximum atomic E-state index is 13.6. The van der Waals surface area contributed by atoms with Gasteiger partial charge in [0.2, 0.25) is 0 Å². The van der Waals surface area contributed by atoms with Crippen LogP contribution in [0.5, 0.6) is 0 Å². The van der Waals surface area contributed by atoms with Crippen LogP contribution in [0.25, 0.3) is 21.5 Å². The molecule has 0 heterocycles. The molecular formula is C52H53LiN4O13S2. The summed E-state index contributed by atoms with van der Waals surface area (Å²) in [6.07, 6.45) is 11.1. The number of methoxy groups -OCH3 is 2. The number of aliphatic carboxylic acids is 2. The molecular weight excluding hydrogens is 960 g/mol. The Balaban J connectivity index is 0.000000371. The van der Waals surface area contributed by atoms with Crippen LogP contribution < -0.4 is 37.3 Å². The van der Waals surface area contributed by atoms with Crippen LogP contribution in [-0.2, 0) is 48.7 Å². The van der Waals surface area contributed by atoms with Gasteiger partial charge in [-0.05, 0) is 62.4 Å². The van der Waals surface area contributed by atoms with E-state index in [0.29, 0.717) is 32.9 Å². The normalized spacial score (nSPS) is 11.6. The van der Waals surface area contributed by atoms with Gasteiger partial charge in [0.05, 0.1) is 61.3 Å². The van der Waals surface area contributed by atoms with E-state index < -0.39 is 57.1 Å². The van der Waals surface area contributed by atoms with Gasteiger partial charge in [-0.3, -0.25) is 27.8 Å². The smallest absolute Gasteiger partial charge is 0.870 e. The van der Waals surface area contributed by atoms with E-state index in [1.54, 1.807) is 103 Å². The second-order valence-corrected chi connectivity index (χ2v) is 19.4. The third-order valence-electron chi connectivity index (χ3n) is 11.1. The SMILES string of the molecule is C#CCN(c1ccc(N(CC(=O)O)S(=O)(=O)c2ccccc2)c2ccccc12)[C@@H](C)CC(=O)O.C#CCN(c1ccc(N(CC(=O)OC)S(=O)(=O)c2ccccc2)c2ccccc12)[C@@H](C)CC(=O)OC.[Li+].[OH-]. The van der Waals surface area contributed by atoms with Crippen LogP contribution in [-0.4, -0.2) is 109 Å². The van der Waals surface area contributed by atoms with Crippen LogP contribution in [0.2, 0.25) is 0 Å². The average molecular weight is 1010 g/mol. The van der Waals surface area contributed by atoms with Crippen LogP contribution >= 0.6 is 0 Å². The van der Waals surface area contributed by atoms with Gasteiger partial charge in [0.15, 0.2) is 0 Å². The van der Waals surface area contributed by atoms with Gasteiger partial charge in [0, 0.05) is 45.0 Å². The minimum atomic E-state index is -4.19. The number of anilines is 4. The third-order valence-corrected chi connectivity index (χ3v) is 14.6. The number of carbonyl (C=O) groups excluding carboxylic acids is 2. The van der Waals surface area contributed by atoms with Gasteiger partial charge in [0.25, 0.3) is 20.0 Å². The summed E-state index contributed by atoms with van der Waals surface area (Å²) in [4.78, 5) is 50.8.